The molecular weight excluding hydrogens is 358 g/mol. The molecule has 0 aliphatic carbocycles. The number of nitrogens with zero attached hydrogens (tertiary/aromatic N) is 1. The van der Waals surface area contributed by atoms with Gasteiger partial charge in [0.2, 0.25) is 5.91 Å². The van der Waals surface area contributed by atoms with Crippen molar-refractivity contribution in [2.24, 2.45) is 5.10 Å². The summed E-state index contributed by atoms with van der Waals surface area (Å²) in [6, 6.07) is 15.7. The van der Waals surface area contributed by atoms with Crippen LogP contribution in [0.1, 0.15) is 5.76 Å². The molecule has 0 aliphatic heterocycles. The number of rotatable bonds is 6. The van der Waals surface area contributed by atoms with Crippen LogP contribution >= 0.6 is 11.8 Å². The highest BCUT2D eigenvalue weighted by Crippen LogP contribution is 2.24. The van der Waals surface area contributed by atoms with Crippen molar-refractivity contribution in [3.63, 3.8) is 0 Å². The van der Waals surface area contributed by atoms with Crippen LogP contribution in [0.15, 0.2) is 75.1 Å². The fourth-order valence-corrected chi connectivity index (χ4v) is 2.87. The van der Waals surface area contributed by atoms with E-state index in [1.807, 2.05) is 0 Å². The molecule has 3 rings (SSSR count). The molecule has 4 nitrogen and oxygen atoms in total. The third-order valence-electron chi connectivity index (χ3n) is 3.34. The highest BCUT2D eigenvalue weighted by atomic mass is 32.2. The maximum atomic E-state index is 13.7. The first kappa shape index (κ1) is 17.9. The highest BCUT2D eigenvalue weighted by molar-refractivity contribution is 8.00. The summed E-state index contributed by atoms with van der Waals surface area (Å²) in [4.78, 5) is 12.1. The molecule has 26 heavy (non-hydrogen) atoms. The van der Waals surface area contributed by atoms with Crippen LogP contribution in [0, 0.1) is 11.6 Å². The van der Waals surface area contributed by atoms with Crippen molar-refractivity contribution in [1.82, 2.24) is 5.43 Å². The summed E-state index contributed by atoms with van der Waals surface area (Å²) in [5, 5.41) is 3.79. The molecule has 0 spiro atoms. The average molecular weight is 372 g/mol. The number of hydrazone groups is 1. The molecule has 1 amide bonds. The van der Waals surface area contributed by atoms with Crippen LogP contribution in [0.25, 0.3) is 11.3 Å². The van der Waals surface area contributed by atoms with E-state index in [9.17, 15) is 13.6 Å². The summed E-state index contributed by atoms with van der Waals surface area (Å²) in [5.41, 5.74) is 2.68. The first-order valence-electron chi connectivity index (χ1n) is 7.67. The summed E-state index contributed by atoms with van der Waals surface area (Å²) in [6.45, 7) is 0. The van der Waals surface area contributed by atoms with E-state index in [1.54, 1.807) is 48.5 Å². The lowest BCUT2D eigenvalue weighted by Crippen LogP contribution is -2.19. The van der Waals surface area contributed by atoms with Crippen molar-refractivity contribution in [3.05, 3.63) is 78.1 Å². The molecule has 0 atom stereocenters. The zero-order valence-corrected chi connectivity index (χ0v) is 14.3. The Bertz CT molecular complexity index is 941. The monoisotopic (exact) mass is 372 g/mol. The number of benzene rings is 2. The predicted molar refractivity (Wildman–Crippen MR) is 97.0 cm³/mol. The maximum absolute atomic E-state index is 13.7. The van der Waals surface area contributed by atoms with Gasteiger partial charge in [0.15, 0.2) is 0 Å². The minimum absolute atomic E-state index is 0.0247. The van der Waals surface area contributed by atoms with Gasteiger partial charge in [-0.15, -0.1) is 11.8 Å². The Labute approximate surface area is 152 Å². The molecule has 132 valence electrons. The van der Waals surface area contributed by atoms with Crippen molar-refractivity contribution >= 4 is 23.9 Å². The fraction of sp³-hybridized carbons (Fsp3) is 0.0526. The molecule has 0 saturated heterocycles. The van der Waals surface area contributed by atoms with Gasteiger partial charge >= 0.3 is 0 Å². The van der Waals surface area contributed by atoms with Gasteiger partial charge in [0.25, 0.3) is 0 Å². The Balaban J connectivity index is 1.53. The molecule has 1 aromatic heterocycles. The van der Waals surface area contributed by atoms with E-state index in [0.717, 1.165) is 11.8 Å². The predicted octanol–water partition coefficient (Wildman–Crippen LogP) is 4.47. The Morgan fingerprint density at radius 1 is 1.04 bits per heavy atom. The molecule has 0 unspecified atom stereocenters. The first-order chi connectivity index (χ1) is 12.6. The molecule has 0 radical (unpaired) electrons. The van der Waals surface area contributed by atoms with Gasteiger partial charge in [0, 0.05) is 4.90 Å². The van der Waals surface area contributed by atoms with Gasteiger partial charge in [-0.2, -0.15) is 5.10 Å². The number of halogens is 2. The van der Waals surface area contributed by atoms with Crippen LogP contribution in [0.4, 0.5) is 8.78 Å². The summed E-state index contributed by atoms with van der Waals surface area (Å²) in [7, 11) is 0. The lowest BCUT2D eigenvalue weighted by molar-refractivity contribution is -0.118. The summed E-state index contributed by atoms with van der Waals surface area (Å²) in [6.07, 6.45) is 1.32. The highest BCUT2D eigenvalue weighted by Gasteiger charge is 2.08. The Morgan fingerprint density at radius 2 is 1.77 bits per heavy atom. The zero-order chi connectivity index (χ0) is 18.4. The topological polar surface area (TPSA) is 54.6 Å². The second kappa shape index (κ2) is 8.44. The largest absolute Gasteiger partial charge is 0.455 e. The molecule has 0 saturated carbocycles. The van der Waals surface area contributed by atoms with Crippen LogP contribution in [0.5, 0.6) is 0 Å². The van der Waals surface area contributed by atoms with Gasteiger partial charge in [-0.1, -0.05) is 24.3 Å². The van der Waals surface area contributed by atoms with E-state index in [-0.39, 0.29) is 23.3 Å². The van der Waals surface area contributed by atoms with Crippen molar-refractivity contribution in [2.45, 2.75) is 4.90 Å². The molecule has 0 fully saturated rings. The lowest BCUT2D eigenvalue weighted by Gasteiger charge is -2.01. The number of thioether (sulfide) groups is 1. The Hall–Kier alpha value is -2.93. The molecular formula is C19H14F2N2O2S. The standard InChI is InChI=1S/C19H14F2N2O2S/c20-15-6-2-1-5-14(15)17-10-9-13(25-17)11-22-23-19(24)12-26-18-8-4-3-7-16(18)21/h1-11H,12H2,(H,23,24)/b22-11-. The molecule has 1 heterocycles. The number of carbonyl (C=O) groups is 1. The minimum atomic E-state index is -0.385. The normalized spacial score (nSPS) is 11.0. The number of amides is 1. The number of nitrogens with one attached hydrogen (secondary N) is 1. The first-order valence-corrected chi connectivity index (χ1v) is 8.66. The van der Waals surface area contributed by atoms with Crippen LogP contribution in [-0.4, -0.2) is 17.9 Å². The van der Waals surface area contributed by atoms with Crippen molar-refractivity contribution < 1.29 is 18.0 Å². The van der Waals surface area contributed by atoms with Gasteiger partial charge in [-0.3, -0.25) is 4.79 Å². The summed E-state index contributed by atoms with van der Waals surface area (Å²) in [5.74, 6) is -0.378. The summed E-state index contributed by atoms with van der Waals surface area (Å²) < 4.78 is 32.7. The van der Waals surface area contributed by atoms with Crippen molar-refractivity contribution in [3.8, 4) is 11.3 Å². The molecule has 0 bridgehead atoms. The molecule has 0 aliphatic rings. The fourth-order valence-electron chi connectivity index (χ4n) is 2.13. The Kier molecular flexibility index (Phi) is 5.80. The van der Waals surface area contributed by atoms with E-state index in [4.69, 9.17) is 4.42 Å². The van der Waals surface area contributed by atoms with Gasteiger partial charge in [-0.05, 0) is 36.4 Å². The molecule has 2 aromatic carbocycles. The number of carbonyl (C=O) groups excluding carboxylic acids is 1. The van der Waals surface area contributed by atoms with Gasteiger partial charge in [0.1, 0.15) is 23.2 Å². The van der Waals surface area contributed by atoms with Crippen LogP contribution in [0.2, 0.25) is 0 Å². The second-order valence-corrected chi connectivity index (χ2v) is 6.21. The molecule has 3 aromatic rings. The quantitative estimate of drug-likeness (QED) is 0.395. The van der Waals surface area contributed by atoms with Crippen LogP contribution in [-0.2, 0) is 4.79 Å². The number of hydrogen-bond acceptors (Lipinski definition) is 4. The lowest BCUT2D eigenvalue weighted by atomic mass is 10.1. The van der Waals surface area contributed by atoms with Gasteiger partial charge in [-0.25, -0.2) is 14.2 Å². The summed E-state index contributed by atoms with van der Waals surface area (Å²) >= 11 is 1.08. The van der Waals surface area contributed by atoms with Crippen LogP contribution in [0.3, 0.4) is 0 Å². The minimum Gasteiger partial charge on any atom is -0.455 e. The third kappa shape index (κ3) is 4.58. The third-order valence-corrected chi connectivity index (χ3v) is 4.39. The molecule has 7 heteroatoms. The van der Waals surface area contributed by atoms with E-state index in [0.29, 0.717) is 22.0 Å². The number of furan rings is 1. The Morgan fingerprint density at radius 3 is 2.54 bits per heavy atom. The van der Waals surface area contributed by atoms with Crippen LogP contribution < -0.4 is 5.43 Å². The maximum Gasteiger partial charge on any atom is 0.250 e. The number of hydrogen-bond donors (Lipinski definition) is 1. The van der Waals surface area contributed by atoms with E-state index in [1.165, 1.54) is 18.3 Å². The van der Waals surface area contributed by atoms with E-state index < -0.39 is 0 Å². The average Bonchev–Trinajstić information content (AvgIpc) is 3.10. The smallest absolute Gasteiger partial charge is 0.250 e. The van der Waals surface area contributed by atoms with Gasteiger partial charge < -0.3 is 4.42 Å². The van der Waals surface area contributed by atoms with E-state index >= 15 is 0 Å². The van der Waals surface area contributed by atoms with Crippen molar-refractivity contribution in [2.75, 3.05) is 5.75 Å². The van der Waals surface area contributed by atoms with Crippen molar-refractivity contribution in [1.29, 1.82) is 0 Å². The molecule has 1 N–H and O–H groups in total. The van der Waals surface area contributed by atoms with Gasteiger partial charge in [0.05, 0.1) is 17.5 Å². The second-order valence-electron chi connectivity index (χ2n) is 5.19. The van der Waals surface area contributed by atoms with E-state index in [2.05, 4.69) is 10.5 Å². The zero-order valence-electron chi connectivity index (χ0n) is 13.5. The SMILES string of the molecule is O=C(CSc1ccccc1F)N/N=C\c1ccc(-c2ccccc2F)o1.